The van der Waals surface area contributed by atoms with Crippen molar-refractivity contribution in [2.24, 2.45) is 0 Å². The number of hydrogen-bond acceptors (Lipinski definition) is 3. The van der Waals surface area contributed by atoms with Crippen LogP contribution in [0.5, 0.6) is 0 Å². The summed E-state index contributed by atoms with van der Waals surface area (Å²) in [5.41, 5.74) is 1.08. The molecule has 0 spiro atoms. The molecule has 1 aromatic rings. The van der Waals surface area contributed by atoms with E-state index in [1.165, 1.54) is 0 Å². The molecule has 5 heteroatoms. The number of nitrogens with zero attached hydrogens (tertiary/aromatic N) is 1. The molecule has 0 saturated carbocycles. The number of aliphatic carboxylic acids is 2. The Kier molecular flexibility index (Phi) is 6.78. The third-order valence-corrected chi connectivity index (χ3v) is 2.50. The van der Waals surface area contributed by atoms with Gasteiger partial charge in [0.2, 0.25) is 0 Å². The highest BCUT2D eigenvalue weighted by atomic mass is 16.4. The van der Waals surface area contributed by atoms with Crippen LogP contribution in [0.2, 0.25) is 0 Å². The van der Waals surface area contributed by atoms with Crippen LogP contribution >= 0.6 is 0 Å². The van der Waals surface area contributed by atoms with Gasteiger partial charge in [-0.15, -0.1) is 0 Å². The summed E-state index contributed by atoms with van der Waals surface area (Å²) in [4.78, 5) is 22.8. The molecule has 2 N–H and O–H groups in total. The maximum absolute atomic E-state index is 10.4. The van der Waals surface area contributed by atoms with Crippen molar-refractivity contribution in [2.45, 2.75) is 6.54 Å². The van der Waals surface area contributed by atoms with Gasteiger partial charge in [0, 0.05) is 31.8 Å². The summed E-state index contributed by atoms with van der Waals surface area (Å²) in [5, 5.41) is 17.1. The van der Waals surface area contributed by atoms with Gasteiger partial charge in [-0.25, -0.2) is 9.59 Å². The summed E-state index contributed by atoms with van der Waals surface area (Å²) < 4.78 is 0. The van der Waals surface area contributed by atoms with E-state index >= 15 is 0 Å². The number of hydrogen-bond donors (Lipinski definition) is 2. The SMILES string of the molecule is O=C(O)/C=C/CN(C/C=C/C(=O)O)Cc1ccccc1. The maximum Gasteiger partial charge on any atom is 0.328 e. The van der Waals surface area contributed by atoms with Gasteiger partial charge in [0.15, 0.2) is 0 Å². The molecule has 106 valence electrons. The van der Waals surface area contributed by atoms with Gasteiger partial charge >= 0.3 is 11.9 Å². The fourth-order valence-corrected chi connectivity index (χ4v) is 1.65. The first-order valence-corrected chi connectivity index (χ1v) is 6.13. The van der Waals surface area contributed by atoms with E-state index in [-0.39, 0.29) is 0 Å². The molecule has 0 aliphatic rings. The standard InChI is InChI=1S/C15H17NO4/c17-14(18)8-4-10-16(11-5-9-15(19)20)12-13-6-2-1-3-7-13/h1-9H,10-12H2,(H,17,18)(H,19,20)/b8-4+,9-5+. The second-order valence-electron chi connectivity index (χ2n) is 4.16. The van der Waals surface area contributed by atoms with Gasteiger partial charge in [-0.2, -0.15) is 0 Å². The molecular weight excluding hydrogens is 258 g/mol. The minimum absolute atomic E-state index is 0.436. The lowest BCUT2D eigenvalue weighted by Gasteiger charge is -2.18. The molecule has 0 fully saturated rings. The monoisotopic (exact) mass is 275 g/mol. The first-order chi connectivity index (χ1) is 9.58. The van der Waals surface area contributed by atoms with E-state index in [1.54, 1.807) is 12.2 Å². The quantitative estimate of drug-likeness (QED) is 0.707. The minimum Gasteiger partial charge on any atom is -0.478 e. The largest absolute Gasteiger partial charge is 0.478 e. The topological polar surface area (TPSA) is 77.8 Å². The van der Waals surface area contributed by atoms with E-state index in [4.69, 9.17) is 10.2 Å². The molecule has 0 heterocycles. The maximum atomic E-state index is 10.4. The molecule has 1 rings (SSSR count). The lowest BCUT2D eigenvalue weighted by molar-refractivity contribution is -0.132. The van der Waals surface area contributed by atoms with E-state index in [0.29, 0.717) is 19.6 Å². The Morgan fingerprint density at radius 2 is 1.45 bits per heavy atom. The predicted octanol–water partition coefficient (Wildman–Crippen LogP) is 1.77. The second-order valence-corrected chi connectivity index (χ2v) is 4.16. The van der Waals surface area contributed by atoms with Crippen LogP contribution in [-0.4, -0.2) is 40.1 Å². The molecule has 0 aliphatic carbocycles. The predicted molar refractivity (Wildman–Crippen MR) is 75.3 cm³/mol. The smallest absolute Gasteiger partial charge is 0.328 e. The highest BCUT2D eigenvalue weighted by Gasteiger charge is 2.03. The Morgan fingerprint density at radius 1 is 0.950 bits per heavy atom. The zero-order valence-corrected chi connectivity index (χ0v) is 11.0. The third kappa shape index (κ3) is 7.13. The van der Waals surface area contributed by atoms with Crippen LogP contribution in [0.25, 0.3) is 0 Å². The fourth-order valence-electron chi connectivity index (χ4n) is 1.65. The van der Waals surface area contributed by atoms with Crippen molar-refractivity contribution in [1.82, 2.24) is 4.90 Å². The molecular formula is C15H17NO4. The van der Waals surface area contributed by atoms with Crippen molar-refractivity contribution in [2.75, 3.05) is 13.1 Å². The summed E-state index contributed by atoms with van der Waals surface area (Å²) in [6, 6.07) is 9.70. The zero-order valence-electron chi connectivity index (χ0n) is 11.0. The third-order valence-electron chi connectivity index (χ3n) is 2.50. The van der Waals surface area contributed by atoms with Gasteiger partial charge in [0.05, 0.1) is 0 Å². The summed E-state index contributed by atoms with van der Waals surface area (Å²) in [6.07, 6.45) is 5.25. The number of carboxylic acids is 2. The van der Waals surface area contributed by atoms with Gasteiger partial charge in [0.25, 0.3) is 0 Å². The van der Waals surface area contributed by atoms with Gasteiger partial charge in [-0.1, -0.05) is 42.5 Å². The summed E-state index contributed by atoms with van der Waals surface area (Å²) in [6.45, 7) is 1.49. The Balaban J connectivity index is 2.63. The molecule has 0 aliphatic heterocycles. The number of carbonyl (C=O) groups is 2. The van der Waals surface area contributed by atoms with Crippen LogP contribution in [0.1, 0.15) is 5.56 Å². The molecule has 20 heavy (non-hydrogen) atoms. The van der Waals surface area contributed by atoms with Crippen molar-refractivity contribution >= 4 is 11.9 Å². The van der Waals surface area contributed by atoms with Gasteiger partial charge < -0.3 is 10.2 Å². The van der Waals surface area contributed by atoms with Crippen LogP contribution in [-0.2, 0) is 16.1 Å². The molecule has 0 amide bonds. The summed E-state index contributed by atoms with van der Waals surface area (Å²) >= 11 is 0. The van der Waals surface area contributed by atoms with Crippen molar-refractivity contribution in [3.8, 4) is 0 Å². The molecule has 0 atom stereocenters. The van der Waals surface area contributed by atoms with Crippen LogP contribution in [0.15, 0.2) is 54.6 Å². The molecule has 0 radical (unpaired) electrons. The number of benzene rings is 1. The van der Waals surface area contributed by atoms with E-state index in [1.807, 2.05) is 35.2 Å². The van der Waals surface area contributed by atoms with Crippen molar-refractivity contribution in [1.29, 1.82) is 0 Å². The normalized spacial score (nSPS) is 11.4. The second kappa shape index (κ2) is 8.66. The van der Waals surface area contributed by atoms with Crippen LogP contribution in [0.3, 0.4) is 0 Å². The number of rotatable bonds is 8. The molecule has 0 bridgehead atoms. The van der Waals surface area contributed by atoms with Crippen molar-refractivity contribution in [3.05, 3.63) is 60.2 Å². The molecule has 0 aromatic heterocycles. The van der Waals surface area contributed by atoms with E-state index in [2.05, 4.69) is 0 Å². The highest BCUT2D eigenvalue weighted by Crippen LogP contribution is 2.04. The zero-order chi connectivity index (χ0) is 14.8. The van der Waals surface area contributed by atoms with Gasteiger partial charge in [-0.3, -0.25) is 4.90 Å². The first-order valence-electron chi connectivity index (χ1n) is 6.13. The fraction of sp³-hybridized carbons (Fsp3) is 0.200. The Bertz CT molecular complexity index is 468. The van der Waals surface area contributed by atoms with Crippen molar-refractivity contribution in [3.63, 3.8) is 0 Å². The summed E-state index contributed by atoms with van der Waals surface area (Å²) in [7, 11) is 0. The van der Waals surface area contributed by atoms with Crippen molar-refractivity contribution < 1.29 is 19.8 Å². The van der Waals surface area contributed by atoms with E-state index in [0.717, 1.165) is 17.7 Å². The first kappa shape index (κ1) is 15.7. The Labute approximate surface area is 117 Å². The lowest BCUT2D eigenvalue weighted by atomic mass is 10.2. The highest BCUT2D eigenvalue weighted by molar-refractivity contribution is 5.80. The summed E-state index contributed by atoms with van der Waals surface area (Å²) in [5.74, 6) is -1.99. The average Bonchev–Trinajstić information content (AvgIpc) is 2.38. The molecule has 0 unspecified atom stereocenters. The Hall–Kier alpha value is -2.40. The van der Waals surface area contributed by atoms with Gasteiger partial charge in [-0.05, 0) is 5.56 Å². The van der Waals surface area contributed by atoms with E-state index < -0.39 is 11.9 Å². The average molecular weight is 275 g/mol. The molecule has 0 saturated heterocycles. The van der Waals surface area contributed by atoms with E-state index in [9.17, 15) is 9.59 Å². The molecule has 1 aromatic carbocycles. The van der Waals surface area contributed by atoms with Gasteiger partial charge in [0.1, 0.15) is 0 Å². The lowest BCUT2D eigenvalue weighted by Crippen LogP contribution is -2.23. The Morgan fingerprint density at radius 3 is 1.90 bits per heavy atom. The van der Waals surface area contributed by atoms with Crippen LogP contribution in [0, 0.1) is 0 Å². The minimum atomic E-state index is -0.995. The molecule has 5 nitrogen and oxygen atoms in total. The van der Waals surface area contributed by atoms with Crippen LogP contribution < -0.4 is 0 Å². The van der Waals surface area contributed by atoms with Crippen LogP contribution in [0.4, 0.5) is 0 Å². The number of carboxylic acid groups (broad SMARTS) is 2.